The average molecular weight is 273 g/mol. The summed E-state index contributed by atoms with van der Waals surface area (Å²) in [7, 11) is 0. The molecule has 3 nitrogen and oxygen atoms in total. The molecule has 0 aliphatic carbocycles. The predicted octanol–water partition coefficient (Wildman–Crippen LogP) is 3.37. The van der Waals surface area contributed by atoms with Gasteiger partial charge in [0.25, 0.3) is 0 Å². The van der Waals surface area contributed by atoms with Crippen molar-refractivity contribution in [2.24, 2.45) is 0 Å². The monoisotopic (exact) mass is 273 g/mol. The number of rotatable bonds is 5. The highest BCUT2D eigenvalue weighted by Crippen LogP contribution is 2.16. The number of carbonyl (C=O) groups is 1. The molecule has 0 saturated carbocycles. The van der Waals surface area contributed by atoms with E-state index < -0.39 is 5.97 Å². The van der Waals surface area contributed by atoms with Gasteiger partial charge in [0, 0.05) is 18.2 Å². The summed E-state index contributed by atoms with van der Waals surface area (Å²) in [6, 6.07) is 13.2. The highest BCUT2D eigenvalue weighted by atomic mass is 19.1. The second kappa shape index (κ2) is 6.30. The Labute approximate surface area is 117 Å². The van der Waals surface area contributed by atoms with Crippen molar-refractivity contribution in [3.63, 3.8) is 0 Å². The fourth-order valence-electron chi connectivity index (χ4n) is 1.97. The number of nitrogens with one attached hydrogen (secondary N) is 1. The van der Waals surface area contributed by atoms with Gasteiger partial charge < -0.3 is 10.4 Å². The Bertz CT molecular complexity index is 596. The lowest BCUT2D eigenvalue weighted by Crippen LogP contribution is -2.19. The zero-order chi connectivity index (χ0) is 14.5. The Morgan fingerprint density at radius 1 is 1.20 bits per heavy atom. The SMILES string of the molecule is CC(NCc1ccc(C(=O)O)cc1)c1ccccc1F. The molecule has 4 heteroatoms. The van der Waals surface area contributed by atoms with Crippen molar-refractivity contribution in [3.05, 3.63) is 71.0 Å². The van der Waals surface area contributed by atoms with E-state index in [9.17, 15) is 9.18 Å². The van der Waals surface area contributed by atoms with Crippen LogP contribution in [0.3, 0.4) is 0 Å². The number of halogens is 1. The summed E-state index contributed by atoms with van der Waals surface area (Å²) in [5.41, 5.74) is 1.84. The first kappa shape index (κ1) is 14.2. The summed E-state index contributed by atoms with van der Waals surface area (Å²) in [5.74, 6) is -1.17. The van der Waals surface area contributed by atoms with Crippen molar-refractivity contribution in [2.45, 2.75) is 19.5 Å². The van der Waals surface area contributed by atoms with Gasteiger partial charge in [-0.15, -0.1) is 0 Å². The highest BCUT2D eigenvalue weighted by molar-refractivity contribution is 5.87. The molecule has 2 aromatic carbocycles. The first-order valence-corrected chi connectivity index (χ1v) is 6.38. The zero-order valence-electron chi connectivity index (χ0n) is 11.1. The number of benzene rings is 2. The third kappa shape index (κ3) is 3.42. The molecule has 0 heterocycles. The van der Waals surface area contributed by atoms with E-state index in [1.807, 2.05) is 6.92 Å². The van der Waals surface area contributed by atoms with Crippen LogP contribution in [0.25, 0.3) is 0 Å². The molecule has 2 N–H and O–H groups in total. The Hall–Kier alpha value is -2.20. The summed E-state index contributed by atoms with van der Waals surface area (Å²) in [6.07, 6.45) is 0. The van der Waals surface area contributed by atoms with Crippen LogP contribution in [0, 0.1) is 5.82 Å². The maximum atomic E-state index is 13.6. The van der Waals surface area contributed by atoms with Gasteiger partial charge in [-0.3, -0.25) is 0 Å². The van der Waals surface area contributed by atoms with Gasteiger partial charge in [0.2, 0.25) is 0 Å². The van der Waals surface area contributed by atoms with Crippen molar-refractivity contribution in [1.29, 1.82) is 0 Å². The fourth-order valence-corrected chi connectivity index (χ4v) is 1.97. The number of carboxylic acids is 1. The lowest BCUT2D eigenvalue weighted by atomic mass is 10.1. The maximum absolute atomic E-state index is 13.6. The smallest absolute Gasteiger partial charge is 0.335 e. The van der Waals surface area contributed by atoms with E-state index in [0.29, 0.717) is 12.1 Å². The van der Waals surface area contributed by atoms with Crippen LogP contribution in [-0.2, 0) is 6.54 Å². The molecule has 0 radical (unpaired) electrons. The van der Waals surface area contributed by atoms with Crippen LogP contribution < -0.4 is 5.32 Å². The maximum Gasteiger partial charge on any atom is 0.335 e. The van der Waals surface area contributed by atoms with Crippen molar-refractivity contribution >= 4 is 5.97 Å². The Kier molecular flexibility index (Phi) is 4.48. The van der Waals surface area contributed by atoms with Crippen LogP contribution in [0.4, 0.5) is 4.39 Å². The lowest BCUT2D eigenvalue weighted by Gasteiger charge is -2.15. The molecular formula is C16H16FNO2. The molecule has 1 atom stereocenters. The topological polar surface area (TPSA) is 49.3 Å². The zero-order valence-corrected chi connectivity index (χ0v) is 11.1. The van der Waals surface area contributed by atoms with E-state index in [2.05, 4.69) is 5.32 Å². The second-order valence-corrected chi connectivity index (χ2v) is 4.63. The van der Waals surface area contributed by atoms with Gasteiger partial charge in [-0.05, 0) is 30.7 Å². The molecule has 0 amide bonds. The van der Waals surface area contributed by atoms with Gasteiger partial charge in [0.05, 0.1) is 5.56 Å². The largest absolute Gasteiger partial charge is 0.478 e. The fraction of sp³-hybridized carbons (Fsp3) is 0.188. The lowest BCUT2D eigenvalue weighted by molar-refractivity contribution is 0.0697. The van der Waals surface area contributed by atoms with Crippen LogP contribution >= 0.6 is 0 Å². The van der Waals surface area contributed by atoms with Gasteiger partial charge in [0.1, 0.15) is 5.82 Å². The summed E-state index contributed by atoms with van der Waals surface area (Å²) < 4.78 is 13.6. The molecule has 2 rings (SSSR count). The second-order valence-electron chi connectivity index (χ2n) is 4.63. The molecule has 1 unspecified atom stereocenters. The van der Waals surface area contributed by atoms with E-state index in [1.54, 1.807) is 42.5 Å². The number of carboxylic acid groups (broad SMARTS) is 1. The van der Waals surface area contributed by atoms with Crippen LogP contribution in [0.1, 0.15) is 34.5 Å². The van der Waals surface area contributed by atoms with Crippen LogP contribution in [0.2, 0.25) is 0 Å². The Morgan fingerprint density at radius 2 is 1.85 bits per heavy atom. The quantitative estimate of drug-likeness (QED) is 0.878. The van der Waals surface area contributed by atoms with Gasteiger partial charge in [-0.25, -0.2) is 9.18 Å². The third-order valence-corrected chi connectivity index (χ3v) is 3.18. The molecule has 20 heavy (non-hydrogen) atoms. The van der Waals surface area contributed by atoms with Crippen molar-refractivity contribution in [2.75, 3.05) is 0 Å². The minimum Gasteiger partial charge on any atom is -0.478 e. The van der Waals surface area contributed by atoms with Crippen LogP contribution in [0.5, 0.6) is 0 Å². The highest BCUT2D eigenvalue weighted by Gasteiger charge is 2.09. The molecule has 0 aliphatic rings. The summed E-state index contributed by atoms with van der Waals surface area (Å²) in [6.45, 7) is 2.44. The number of hydrogen-bond acceptors (Lipinski definition) is 2. The van der Waals surface area contributed by atoms with E-state index in [1.165, 1.54) is 6.07 Å². The molecule has 0 fully saturated rings. The third-order valence-electron chi connectivity index (χ3n) is 3.18. The molecule has 0 aliphatic heterocycles. The minimum absolute atomic E-state index is 0.115. The standard InChI is InChI=1S/C16H16FNO2/c1-11(14-4-2-3-5-15(14)17)18-10-12-6-8-13(9-7-12)16(19)20/h2-9,11,18H,10H2,1H3,(H,19,20). The molecule has 0 spiro atoms. The number of hydrogen-bond donors (Lipinski definition) is 2. The van der Waals surface area contributed by atoms with Crippen molar-refractivity contribution < 1.29 is 14.3 Å². The molecule has 0 bridgehead atoms. The summed E-state index contributed by atoms with van der Waals surface area (Å²) >= 11 is 0. The van der Waals surface area contributed by atoms with E-state index in [0.717, 1.165) is 5.56 Å². The minimum atomic E-state index is -0.941. The van der Waals surface area contributed by atoms with Gasteiger partial charge >= 0.3 is 5.97 Å². The first-order valence-electron chi connectivity index (χ1n) is 6.38. The van der Waals surface area contributed by atoms with Crippen LogP contribution in [0.15, 0.2) is 48.5 Å². The van der Waals surface area contributed by atoms with E-state index >= 15 is 0 Å². The Morgan fingerprint density at radius 3 is 2.45 bits per heavy atom. The predicted molar refractivity (Wildman–Crippen MR) is 75.1 cm³/mol. The van der Waals surface area contributed by atoms with Gasteiger partial charge in [0.15, 0.2) is 0 Å². The van der Waals surface area contributed by atoms with Crippen molar-refractivity contribution in [3.8, 4) is 0 Å². The molecule has 0 aromatic heterocycles. The Balaban J connectivity index is 1.98. The van der Waals surface area contributed by atoms with Crippen molar-refractivity contribution in [1.82, 2.24) is 5.32 Å². The molecular weight excluding hydrogens is 257 g/mol. The first-order chi connectivity index (χ1) is 9.58. The molecule has 2 aromatic rings. The summed E-state index contributed by atoms with van der Waals surface area (Å²) in [4.78, 5) is 10.7. The van der Waals surface area contributed by atoms with Crippen LogP contribution in [-0.4, -0.2) is 11.1 Å². The van der Waals surface area contributed by atoms with E-state index in [-0.39, 0.29) is 17.4 Å². The van der Waals surface area contributed by atoms with Gasteiger partial charge in [-0.1, -0.05) is 30.3 Å². The normalized spacial score (nSPS) is 12.1. The molecule has 0 saturated heterocycles. The van der Waals surface area contributed by atoms with Gasteiger partial charge in [-0.2, -0.15) is 0 Å². The molecule has 104 valence electrons. The number of aromatic carboxylic acids is 1. The summed E-state index contributed by atoms with van der Waals surface area (Å²) in [5, 5.41) is 12.0. The van der Waals surface area contributed by atoms with E-state index in [4.69, 9.17) is 5.11 Å². The average Bonchev–Trinajstić information content (AvgIpc) is 2.45.